The number of unbranched alkanes of at least 4 members (excludes halogenated alkanes) is 2. The van der Waals surface area contributed by atoms with Crippen molar-refractivity contribution in [2.24, 2.45) is 16.5 Å². The maximum atomic E-state index is 13.8. The molecule has 2 amide bonds. The van der Waals surface area contributed by atoms with Crippen LogP contribution in [0.15, 0.2) is 102 Å². The van der Waals surface area contributed by atoms with E-state index >= 15 is 0 Å². The fraction of sp³-hybridized carbons (Fsp3) is 0.279. The molecule has 1 unspecified atom stereocenters. The summed E-state index contributed by atoms with van der Waals surface area (Å²) in [5.74, 6) is -4.01. The average molecular weight is 829 g/mol. The van der Waals surface area contributed by atoms with Crippen LogP contribution in [0.1, 0.15) is 52.7 Å². The van der Waals surface area contributed by atoms with E-state index in [1.54, 1.807) is 23.1 Å². The number of nitrogens with zero attached hydrogens (tertiary/aromatic N) is 2. The molecule has 0 radical (unpaired) electrons. The van der Waals surface area contributed by atoms with Crippen LogP contribution in [0, 0.1) is 0 Å². The first-order valence-electron chi connectivity index (χ1n) is 18.8. The Kier molecular flexibility index (Phi) is 14.2. The number of esters is 1. The Labute approximate surface area is 342 Å². The summed E-state index contributed by atoms with van der Waals surface area (Å²) >= 11 is 0. The number of carbonyl (C=O) groups is 6. The molecule has 7 N–H and O–H groups in total. The molecule has 2 atom stereocenters. The van der Waals surface area contributed by atoms with Gasteiger partial charge in [0.1, 0.15) is 30.3 Å². The molecular weight excluding hydrogens is 786 g/mol. The van der Waals surface area contributed by atoms with Gasteiger partial charge in [0.25, 0.3) is 11.8 Å². The van der Waals surface area contributed by atoms with Crippen molar-refractivity contribution in [2.75, 3.05) is 18.0 Å². The van der Waals surface area contributed by atoms with Crippen molar-refractivity contribution in [2.45, 2.75) is 62.4 Å². The van der Waals surface area contributed by atoms with E-state index in [0.717, 1.165) is 42.4 Å². The summed E-state index contributed by atoms with van der Waals surface area (Å²) in [6, 6.07) is 29.7. The number of carboxylic acid groups (broad SMARTS) is 1. The van der Waals surface area contributed by atoms with Gasteiger partial charge in [-0.1, -0.05) is 79.2 Å². The number of aryl methyl sites for hydroxylation is 1. The molecule has 0 bridgehead atoms. The van der Waals surface area contributed by atoms with Gasteiger partial charge in [-0.05, 0) is 65.8 Å². The minimum atomic E-state index is -5.08. The molecule has 6 rings (SSSR count). The van der Waals surface area contributed by atoms with E-state index in [4.69, 9.17) is 26.1 Å². The van der Waals surface area contributed by atoms with E-state index in [2.05, 4.69) is 15.6 Å². The van der Waals surface area contributed by atoms with Gasteiger partial charge in [-0.3, -0.25) is 24.8 Å². The van der Waals surface area contributed by atoms with Crippen molar-refractivity contribution in [1.82, 2.24) is 10.6 Å². The highest BCUT2D eigenvalue weighted by Gasteiger charge is 2.72. The van der Waals surface area contributed by atoms with Crippen LogP contribution in [-0.2, 0) is 48.2 Å². The Morgan fingerprint density at radius 1 is 0.850 bits per heavy atom. The summed E-state index contributed by atoms with van der Waals surface area (Å²) in [5, 5.41) is 12.9. The van der Waals surface area contributed by atoms with Gasteiger partial charge in [0.2, 0.25) is 0 Å². The van der Waals surface area contributed by atoms with E-state index < -0.39 is 29.2 Å². The predicted octanol–water partition coefficient (Wildman–Crippen LogP) is 4.54. The second-order valence-corrected chi connectivity index (χ2v) is 14.1. The lowest BCUT2D eigenvalue weighted by molar-refractivity contribution is -0.192. The number of guanidine groups is 1. The number of nitrogens with two attached hydrogens (primary N) is 2. The number of amides is 2. The molecule has 0 spiro atoms. The van der Waals surface area contributed by atoms with Gasteiger partial charge in [-0.15, -0.1) is 0 Å². The molecule has 0 aliphatic carbocycles. The summed E-state index contributed by atoms with van der Waals surface area (Å²) < 4.78 is 37.5. The zero-order valence-electron chi connectivity index (χ0n) is 32.2. The maximum Gasteiger partial charge on any atom is 0.490 e. The molecule has 4 aromatic rings. The number of aldehydes is 2. The minimum Gasteiger partial charge on any atom is -0.475 e. The summed E-state index contributed by atoms with van der Waals surface area (Å²) in [4.78, 5) is 79.6. The molecule has 17 heteroatoms. The second kappa shape index (κ2) is 19.2. The van der Waals surface area contributed by atoms with Crippen LogP contribution in [0.25, 0.3) is 11.1 Å². The van der Waals surface area contributed by atoms with Crippen LogP contribution in [0.3, 0.4) is 0 Å². The number of alkyl halides is 3. The van der Waals surface area contributed by atoms with Crippen LogP contribution < -0.4 is 27.0 Å². The molecule has 0 saturated carbocycles. The van der Waals surface area contributed by atoms with E-state index in [9.17, 15) is 37.1 Å². The monoisotopic (exact) mass is 828 g/mol. The van der Waals surface area contributed by atoms with Gasteiger partial charge < -0.3 is 36.2 Å². The first kappa shape index (κ1) is 44.2. The number of carbonyl (C=O) groups excluding carboxylic acids is 5. The number of carboxylic acids is 1. The molecule has 2 aliphatic rings. The highest BCUT2D eigenvalue weighted by molar-refractivity contribution is 6.14. The van der Waals surface area contributed by atoms with E-state index in [-0.39, 0.29) is 43.8 Å². The largest absolute Gasteiger partial charge is 0.490 e. The molecule has 2 heterocycles. The summed E-state index contributed by atoms with van der Waals surface area (Å²) in [5.41, 5.74) is 13.1. The van der Waals surface area contributed by atoms with E-state index in [0.29, 0.717) is 47.2 Å². The second-order valence-electron chi connectivity index (χ2n) is 14.1. The smallest absolute Gasteiger partial charge is 0.475 e. The zero-order valence-corrected chi connectivity index (χ0v) is 32.2. The molecule has 14 nitrogen and oxygen atoms in total. The van der Waals surface area contributed by atoms with Gasteiger partial charge in [-0.25, -0.2) is 9.59 Å². The number of ether oxygens (including phenoxy) is 1. The molecule has 60 heavy (non-hydrogen) atoms. The van der Waals surface area contributed by atoms with Gasteiger partial charge >= 0.3 is 18.1 Å². The summed E-state index contributed by atoms with van der Waals surface area (Å²) in [7, 11) is 0. The predicted molar refractivity (Wildman–Crippen MR) is 215 cm³/mol. The first-order chi connectivity index (χ1) is 28.6. The zero-order chi connectivity index (χ0) is 43.5. The third kappa shape index (κ3) is 10.4. The number of aliphatic imine (C=N–C) groups is 1. The molecule has 314 valence electrons. The Morgan fingerprint density at radius 2 is 1.47 bits per heavy atom. The fourth-order valence-electron chi connectivity index (χ4n) is 6.95. The number of aliphatic carboxylic acids is 1. The topological polar surface area (TPSA) is 233 Å². The van der Waals surface area contributed by atoms with E-state index in [1.165, 1.54) is 0 Å². The molecule has 2 aliphatic heterocycles. The Bertz CT molecular complexity index is 2250. The SMILES string of the molecule is NC(N)=NCCCCCc1ccc2c(c1)C(=O)NCC(=O)N2c1ccc(C[C@@]2(C(=O)OCc3ccccc3)NC2(C=O)CC=O)cc1-c1ccccc1.O=C(O)C(F)(F)F. The summed E-state index contributed by atoms with van der Waals surface area (Å²) in [6.07, 6.45) is -0.688. The first-order valence-corrected chi connectivity index (χ1v) is 18.8. The van der Waals surface area contributed by atoms with Crippen LogP contribution in [-0.4, -0.2) is 77.7 Å². The lowest BCUT2D eigenvalue weighted by Gasteiger charge is -2.26. The molecule has 1 fully saturated rings. The highest BCUT2D eigenvalue weighted by atomic mass is 19.4. The third-order valence-electron chi connectivity index (χ3n) is 10.0. The van der Waals surface area contributed by atoms with Crippen molar-refractivity contribution in [3.05, 3.63) is 119 Å². The Balaban J connectivity index is 0.000000896. The Morgan fingerprint density at radius 3 is 2.08 bits per heavy atom. The lowest BCUT2D eigenvalue weighted by Crippen LogP contribution is -2.39. The quantitative estimate of drug-likeness (QED) is 0.0263. The third-order valence-corrected chi connectivity index (χ3v) is 10.0. The minimum absolute atomic E-state index is 0.00227. The highest BCUT2D eigenvalue weighted by Crippen LogP contribution is 2.45. The van der Waals surface area contributed by atoms with Crippen molar-refractivity contribution in [1.29, 1.82) is 0 Å². The van der Waals surface area contributed by atoms with Crippen molar-refractivity contribution in [3.8, 4) is 11.1 Å². The summed E-state index contributed by atoms with van der Waals surface area (Å²) in [6.45, 7) is 0.343. The van der Waals surface area contributed by atoms with Gasteiger partial charge in [-0.2, -0.15) is 13.2 Å². The number of rotatable bonds is 16. The number of halogens is 3. The van der Waals surface area contributed by atoms with Gasteiger partial charge in [0.05, 0.1) is 23.5 Å². The van der Waals surface area contributed by atoms with Crippen LogP contribution >= 0.6 is 0 Å². The molecule has 1 saturated heterocycles. The number of fused-ring (bicyclic) bond motifs is 1. The molecule has 4 aromatic carbocycles. The van der Waals surface area contributed by atoms with Crippen molar-refractivity contribution in [3.63, 3.8) is 0 Å². The van der Waals surface area contributed by atoms with E-state index in [1.807, 2.05) is 78.9 Å². The number of anilines is 2. The number of nitrogens with one attached hydrogen (secondary N) is 2. The molecular formula is C43H43F3N6O8. The normalized spacial score (nSPS) is 18.1. The maximum absolute atomic E-state index is 13.8. The van der Waals surface area contributed by atoms with Gasteiger partial charge in [0, 0.05) is 24.9 Å². The fourth-order valence-corrected chi connectivity index (χ4v) is 6.95. The van der Waals surface area contributed by atoms with Crippen LogP contribution in [0.5, 0.6) is 0 Å². The van der Waals surface area contributed by atoms with Crippen LogP contribution in [0.4, 0.5) is 24.5 Å². The van der Waals surface area contributed by atoms with Crippen molar-refractivity contribution < 1.29 is 51.8 Å². The van der Waals surface area contributed by atoms with Crippen molar-refractivity contribution >= 4 is 53.7 Å². The Hall–Kier alpha value is -6.88. The van der Waals surface area contributed by atoms with Gasteiger partial charge in [0.15, 0.2) is 5.96 Å². The number of hydrogen-bond donors (Lipinski definition) is 5. The lowest BCUT2D eigenvalue weighted by atomic mass is 9.85. The molecule has 0 aromatic heterocycles. The standard InChI is InChI=1S/C41H42N6O6.C2HF3O2/c42-39(43)44-20-9-3-6-10-28-15-17-35-33(22-28)37(51)45-25-36(50)47(35)34-18-16-30(23-32(34)31-13-7-2-8-14-31)24-41(40(27-49,46-41)19-21-48)38(52)53-26-29-11-4-1-5-12-29;3-2(4,5)1(6)7/h1-2,4-5,7-8,11-18,21-23,27,46H,3,6,9-10,19-20,24-26H2,(H,45,51)(H4,42,43,44);(H,6,7)/t40?,41-;/m0./s1. The number of hydrogen-bond acceptors (Lipinski definition) is 9. The average Bonchev–Trinajstić information content (AvgIpc) is 3.90. The number of benzene rings is 4. The van der Waals surface area contributed by atoms with Crippen LogP contribution in [0.2, 0.25) is 0 Å².